The highest BCUT2D eigenvalue weighted by atomic mass is 35.5. The van der Waals surface area contributed by atoms with Gasteiger partial charge in [-0.2, -0.15) is 0 Å². The van der Waals surface area contributed by atoms with Crippen molar-refractivity contribution < 1.29 is 0 Å². The zero-order valence-corrected chi connectivity index (χ0v) is 11.6. The summed E-state index contributed by atoms with van der Waals surface area (Å²) in [4.78, 5) is 8.61. The highest BCUT2D eigenvalue weighted by Gasteiger charge is 2.14. The Bertz CT molecular complexity index is 319. The maximum absolute atomic E-state index is 4.45. The predicted octanol–water partition coefficient (Wildman–Crippen LogP) is 2.32. The zero-order chi connectivity index (χ0) is 10.5. The van der Waals surface area contributed by atoms with E-state index in [-0.39, 0.29) is 12.4 Å². The van der Waals surface area contributed by atoms with Gasteiger partial charge in [0.05, 0.1) is 0 Å². The average molecular weight is 278 g/mol. The molecule has 0 spiro atoms. The van der Waals surface area contributed by atoms with Gasteiger partial charge in [-0.25, -0.2) is 9.97 Å². The summed E-state index contributed by atoms with van der Waals surface area (Å²) in [5.41, 5.74) is 0. The Kier molecular flexibility index (Phi) is 6.49. The molecule has 0 saturated carbocycles. The lowest BCUT2D eigenvalue weighted by molar-refractivity contribution is 0.662. The second kappa shape index (κ2) is 7.37. The van der Waals surface area contributed by atoms with Gasteiger partial charge < -0.3 is 5.32 Å². The highest BCUT2D eigenvalue weighted by molar-refractivity contribution is 7.99. The van der Waals surface area contributed by atoms with E-state index < -0.39 is 0 Å². The molecule has 0 bridgehead atoms. The van der Waals surface area contributed by atoms with Crippen LogP contribution >= 0.6 is 35.9 Å². The lowest BCUT2D eigenvalue weighted by Crippen LogP contribution is -2.10. The first-order valence-electron chi connectivity index (χ1n) is 5.09. The molecule has 1 aliphatic heterocycles. The molecule has 3 nitrogen and oxygen atoms in total. The Hall–Kier alpha value is 0.0300. The van der Waals surface area contributed by atoms with E-state index >= 15 is 0 Å². The molecule has 1 aliphatic rings. The van der Waals surface area contributed by atoms with Gasteiger partial charge in [0.1, 0.15) is 5.03 Å². The summed E-state index contributed by atoms with van der Waals surface area (Å²) in [5, 5.41) is 5.34. The molecule has 0 amide bonds. The molecular weight excluding hydrogens is 262 g/mol. The maximum atomic E-state index is 4.45. The van der Waals surface area contributed by atoms with Crippen molar-refractivity contribution in [3.8, 4) is 0 Å². The highest BCUT2D eigenvalue weighted by Crippen LogP contribution is 2.22. The molecule has 0 aromatic carbocycles. The number of hydrogen-bond acceptors (Lipinski definition) is 5. The van der Waals surface area contributed by atoms with E-state index in [4.69, 9.17) is 0 Å². The van der Waals surface area contributed by atoms with Gasteiger partial charge in [-0.3, -0.25) is 0 Å². The molecule has 1 N–H and O–H groups in total. The lowest BCUT2D eigenvalue weighted by atomic mass is 10.2. The van der Waals surface area contributed by atoms with E-state index in [1.165, 1.54) is 13.0 Å². The fourth-order valence-corrected chi connectivity index (χ4v) is 2.98. The number of hydrogen-bond donors (Lipinski definition) is 1. The largest absolute Gasteiger partial charge is 0.316 e. The quantitative estimate of drug-likeness (QED) is 0.519. The van der Waals surface area contributed by atoms with E-state index in [0.29, 0.717) is 0 Å². The van der Waals surface area contributed by atoms with E-state index in [0.717, 1.165) is 28.4 Å². The van der Waals surface area contributed by atoms with Crippen molar-refractivity contribution in [1.29, 1.82) is 0 Å². The topological polar surface area (TPSA) is 37.8 Å². The summed E-state index contributed by atoms with van der Waals surface area (Å²) in [7, 11) is 0. The maximum Gasteiger partial charge on any atom is 0.188 e. The Morgan fingerprint density at radius 1 is 1.56 bits per heavy atom. The van der Waals surface area contributed by atoms with Gasteiger partial charge in [0, 0.05) is 11.9 Å². The van der Waals surface area contributed by atoms with E-state index in [9.17, 15) is 0 Å². The smallest absolute Gasteiger partial charge is 0.188 e. The number of halogens is 1. The Labute approximate surface area is 111 Å². The minimum absolute atomic E-state index is 0. The minimum Gasteiger partial charge on any atom is -0.316 e. The van der Waals surface area contributed by atoms with Crippen molar-refractivity contribution in [2.24, 2.45) is 5.92 Å². The molecule has 1 unspecified atom stereocenters. The molecule has 1 aromatic rings. The standard InChI is InChI=1S/C10H15N3S2.ClH/c1-14-10-12-5-3-9(13-10)15-7-8-2-4-11-6-8;/h3,5,8,11H,2,4,6-7H2,1H3;1H. The minimum atomic E-state index is 0. The first-order chi connectivity index (χ1) is 7.38. The van der Waals surface area contributed by atoms with Crippen LogP contribution in [0.3, 0.4) is 0 Å². The van der Waals surface area contributed by atoms with Gasteiger partial charge in [-0.1, -0.05) is 11.8 Å². The first-order valence-corrected chi connectivity index (χ1v) is 7.30. The average Bonchev–Trinajstić information content (AvgIpc) is 2.79. The number of rotatable bonds is 4. The second-order valence-corrected chi connectivity index (χ2v) is 5.37. The fourth-order valence-electron chi connectivity index (χ4n) is 1.56. The fraction of sp³-hybridized carbons (Fsp3) is 0.600. The summed E-state index contributed by atoms with van der Waals surface area (Å²) in [6, 6.07) is 1.99. The molecule has 2 heterocycles. The van der Waals surface area contributed by atoms with Crippen molar-refractivity contribution in [2.75, 3.05) is 25.1 Å². The van der Waals surface area contributed by atoms with Crippen molar-refractivity contribution in [2.45, 2.75) is 16.6 Å². The second-order valence-electron chi connectivity index (χ2n) is 3.55. The van der Waals surface area contributed by atoms with Crippen molar-refractivity contribution in [3.05, 3.63) is 12.3 Å². The molecule has 1 aromatic heterocycles. The van der Waals surface area contributed by atoms with Crippen LogP contribution < -0.4 is 5.32 Å². The molecule has 0 radical (unpaired) electrons. The zero-order valence-electron chi connectivity index (χ0n) is 9.18. The molecule has 1 atom stereocenters. The monoisotopic (exact) mass is 277 g/mol. The number of nitrogens with zero attached hydrogens (tertiary/aromatic N) is 2. The molecule has 0 aliphatic carbocycles. The van der Waals surface area contributed by atoms with Crippen LogP contribution in [0.1, 0.15) is 6.42 Å². The summed E-state index contributed by atoms with van der Waals surface area (Å²) in [6.07, 6.45) is 5.15. The first kappa shape index (κ1) is 14.1. The van der Waals surface area contributed by atoms with Crippen LogP contribution in [0.5, 0.6) is 0 Å². The van der Waals surface area contributed by atoms with Gasteiger partial charge in [-0.05, 0) is 37.8 Å². The Balaban J connectivity index is 0.00000128. The summed E-state index contributed by atoms with van der Waals surface area (Å²) < 4.78 is 0. The van der Waals surface area contributed by atoms with E-state index in [2.05, 4.69) is 15.3 Å². The van der Waals surface area contributed by atoms with Gasteiger partial charge in [0.2, 0.25) is 0 Å². The predicted molar refractivity (Wildman–Crippen MR) is 72.8 cm³/mol. The van der Waals surface area contributed by atoms with Crippen LogP contribution in [-0.4, -0.2) is 35.1 Å². The molecule has 6 heteroatoms. The third-order valence-electron chi connectivity index (χ3n) is 2.42. The van der Waals surface area contributed by atoms with Crippen molar-refractivity contribution in [1.82, 2.24) is 15.3 Å². The summed E-state index contributed by atoms with van der Waals surface area (Å²) in [6.45, 7) is 2.33. The van der Waals surface area contributed by atoms with Gasteiger partial charge in [-0.15, -0.1) is 24.2 Å². The summed E-state index contributed by atoms with van der Waals surface area (Å²) >= 11 is 3.44. The van der Waals surface area contributed by atoms with Crippen LogP contribution in [0.4, 0.5) is 0 Å². The third kappa shape index (κ3) is 4.13. The molecule has 2 rings (SSSR count). The van der Waals surface area contributed by atoms with Crippen molar-refractivity contribution >= 4 is 35.9 Å². The number of nitrogens with one attached hydrogen (secondary N) is 1. The number of aromatic nitrogens is 2. The van der Waals surface area contributed by atoms with Gasteiger partial charge >= 0.3 is 0 Å². The van der Waals surface area contributed by atoms with Gasteiger partial charge in [0.25, 0.3) is 0 Å². The SMILES string of the molecule is CSc1nccc(SCC2CCNC2)n1.Cl. The Morgan fingerprint density at radius 3 is 3.12 bits per heavy atom. The molecule has 90 valence electrons. The molecule has 1 saturated heterocycles. The molecule has 1 fully saturated rings. The van der Waals surface area contributed by atoms with Crippen LogP contribution in [0, 0.1) is 5.92 Å². The van der Waals surface area contributed by atoms with E-state index in [1.807, 2.05) is 30.3 Å². The molecular formula is C10H16ClN3S2. The normalized spacial score (nSPS) is 19.4. The Morgan fingerprint density at radius 2 is 2.44 bits per heavy atom. The van der Waals surface area contributed by atoms with Crippen LogP contribution in [0.2, 0.25) is 0 Å². The number of thioether (sulfide) groups is 2. The third-order valence-corrected chi connectivity index (χ3v) is 4.14. The van der Waals surface area contributed by atoms with Gasteiger partial charge in [0.15, 0.2) is 5.16 Å². The van der Waals surface area contributed by atoms with Crippen LogP contribution in [0.15, 0.2) is 22.4 Å². The van der Waals surface area contributed by atoms with E-state index in [1.54, 1.807) is 11.8 Å². The van der Waals surface area contributed by atoms with Crippen LogP contribution in [0.25, 0.3) is 0 Å². The van der Waals surface area contributed by atoms with Crippen molar-refractivity contribution in [3.63, 3.8) is 0 Å². The summed E-state index contributed by atoms with van der Waals surface area (Å²) in [5.74, 6) is 1.97. The van der Waals surface area contributed by atoms with Crippen LogP contribution in [-0.2, 0) is 0 Å². The lowest BCUT2D eigenvalue weighted by Gasteiger charge is -2.06. The molecule has 16 heavy (non-hydrogen) atoms.